The van der Waals surface area contributed by atoms with E-state index in [0.29, 0.717) is 12.0 Å². The maximum Gasteiger partial charge on any atom is 0.192 e. The van der Waals surface area contributed by atoms with Crippen LogP contribution < -0.4 is 0 Å². The molecule has 26 heavy (non-hydrogen) atoms. The van der Waals surface area contributed by atoms with Gasteiger partial charge in [0.15, 0.2) is 5.16 Å². The van der Waals surface area contributed by atoms with Crippen LogP contribution in [0.3, 0.4) is 0 Å². The highest BCUT2D eigenvalue weighted by molar-refractivity contribution is 7.99. The third-order valence-corrected chi connectivity index (χ3v) is 6.59. The van der Waals surface area contributed by atoms with Crippen molar-refractivity contribution in [3.8, 4) is 0 Å². The molecule has 2 aliphatic carbocycles. The van der Waals surface area contributed by atoms with Gasteiger partial charge in [-0.25, -0.2) is 0 Å². The van der Waals surface area contributed by atoms with Gasteiger partial charge in [0.1, 0.15) is 5.82 Å². The minimum Gasteiger partial charge on any atom is -0.303 e. The SMILES string of the molecule is Cc1ccccc1C(Sc1nnc(C2CC2)n1C1CC1)c1ccccc1. The average molecular weight is 362 g/mol. The fourth-order valence-electron chi connectivity index (χ4n) is 3.59. The summed E-state index contributed by atoms with van der Waals surface area (Å²) < 4.78 is 2.45. The summed E-state index contributed by atoms with van der Waals surface area (Å²) in [5.74, 6) is 1.87. The molecule has 3 aromatic rings. The van der Waals surface area contributed by atoms with Crippen LogP contribution in [-0.4, -0.2) is 14.8 Å². The van der Waals surface area contributed by atoms with Crippen molar-refractivity contribution in [2.45, 2.75) is 55.0 Å². The van der Waals surface area contributed by atoms with E-state index in [1.165, 1.54) is 48.2 Å². The molecule has 1 atom stereocenters. The molecular formula is C22H23N3S. The van der Waals surface area contributed by atoms with Crippen LogP contribution >= 0.6 is 11.8 Å². The lowest BCUT2D eigenvalue weighted by Crippen LogP contribution is -2.05. The van der Waals surface area contributed by atoms with Crippen molar-refractivity contribution < 1.29 is 0 Å². The van der Waals surface area contributed by atoms with Gasteiger partial charge in [-0.15, -0.1) is 10.2 Å². The van der Waals surface area contributed by atoms with Gasteiger partial charge in [0.2, 0.25) is 0 Å². The normalized spacial score (nSPS) is 18.0. The molecule has 4 heteroatoms. The van der Waals surface area contributed by atoms with Gasteiger partial charge in [0, 0.05) is 12.0 Å². The molecule has 1 heterocycles. The zero-order valence-electron chi connectivity index (χ0n) is 15.0. The monoisotopic (exact) mass is 361 g/mol. The van der Waals surface area contributed by atoms with E-state index < -0.39 is 0 Å². The Kier molecular flexibility index (Phi) is 4.08. The van der Waals surface area contributed by atoms with Gasteiger partial charge < -0.3 is 4.57 Å². The third-order valence-electron chi connectivity index (χ3n) is 5.34. The summed E-state index contributed by atoms with van der Waals surface area (Å²) >= 11 is 1.86. The van der Waals surface area contributed by atoms with Crippen LogP contribution in [0, 0.1) is 6.92 Å². The largest absolute Gasteiger partial charge is 0.303 e. The molecule has 132 valence electrons. The highest BCUT2D eigenvalue weighted by Gasteiger charge is 2.37. The lowest BCUT2D eigenvalue weighted by atomic mass is 10.0. The van der Waals surface area contributed by atoms with Gasteiger partial charge in [0.05, 0.1) is 5.25 Å². The van der Waals surface area contributed by atoms with Gasteiger partial charge in [-0.1, -0.05) is 66.4 Å². The average Bonchev–Trinajstić information content (AvgIpc) is 3.60. The molecule has 2 fully saturated rings. The number of aromatic nitrogens is 3. The molecule has 0 bridgehead atoms. The molecule has 0 spiro atoms. The molecule has 0 radical (unpaired) electrons. The zero-order chi connectivity index (χ0) is 17.5. The summed E-state index contributed by atoms with van der Waals surface area (Å²) in [7, 11) is 0. The van der Waals surface area contributed by atoms with Crippen LogP contribution in [0.4, 0.5) is 0 Å². The van der Waals surface area contributed by atoms with E-state index in [0.717, 1.165) is 5.16 Å². The van der Waals surface area contributed by atoms with E-state index in [1.54, 1.807) is 0 Å². The number of thioether (sulfide) groups is 1. The maximum absolute atomic E-state index is 4.64. The second kappa shape index (κ2) is 6.58. The Morgan fingerprint density at radius 3 is 2.35 bits per heavy atom. The minimum absolute atomic E-state index is 0.242. The van der Waals surface area contributed by atoms with Crippen molar-refractivity contribution in [3.05, 3.63) is 77.1 Å². The van der Waals surface area contributed by atoms with E-state index in [-0.39, 0.29) is 5.25 Å². The molecule has 0 saturated heterocycles. The second-order valence-corrected chi connectivity index (χ2v) is 8.55. The number of hydrogen-bond acceptors (Lipinski definition) is 3. The number of nitrogens with zero attached hydrogens (tertiary/aromatic N) is 3. The Bertz CT molecular complexity index is 910. The molecule has 0 aliphatic heterocycles. The summed E-state index contributed by atoms with van der Waals surface area (Å²) in [5, 5.41) is 10.6. The first kappa shape index (κ1) is 16.1. The Morgan fingerprint density at radius 2 is 1.65 bits per heavy atom. The third kappa shape index (κ3) is 3.07. The molecule has 2 saturated carbocycles. The molecule has 3 nitrogen and oxygen atoms in total. The van der Waals surface area contributed by atoms with Crippen LogP contribution in [0.15, 0.2) is 59.8 Å². The number of hydrogen-bond donors (Lipinski definition) is 0. The summed E-state index contributed by atoms with van der Waals surface area (Å²) in [6, 6.07) is 20.1. The summed E-state index contributed by atoms with van der Waals surface area (Å²) in [4.78, 5) is 0. The first-order valence-corrected chi connectivity index (χ1v) is 10.4. The maximum atomic E-state index is 4.64. The standard InChI is InChI=1S/C22H23N3S/c1-15-7-5-6-10-19(15)20(16-8-3-2-4-9-16)26-22-24-23-21(17-11-12-17)25(22)18-13-14-18/h2-10,17-18,20H,11-14H2,1H3. The highest BCUT2D eigenvalue weighted by Crippen LogP contribution is 2.49. The fraction of sp³-hybridized carbons (Fsp3) is 0.364. The van der Waals surface area contributed by atoms with Gasteiger partial charge in [0.25, 0.3) is 0 Å². The van der Waals surface area contributed by atoms with E-state index in [2.05, 4.69) is 76.3 Å². The Hall–Kier alpha value is -2.07. The summed E-state index contributed by atoms with van der Waals surface area (Å²) in [6.07, 6.45) is 5.09. The molecule has 0 amide bonds. The molecule has 1 aromatic heterocycles. The Balaban J connectivity index is 1.56. The highest BCUT2D eigenvalue weighted by atomic mass is 32.2. The van der Waals surface area contributed by atoms with E-state index >= 15 is 0 Å². The number of aryl methyl sites for hydroxylation is 1. The molecule has 0 N–H and O–H groups in total. The van der Waals surface area contributed by atoms with Gasteiger partial charge in [-0.05, 0) is 49.3 Å². The predicted molar refractivity (Wildman–Crippen MR) is 106 cm³/mol. The van der Waals surface area contributed by atoms with Crippen LogP contribution in [0.2, 0.25) is 0 Å². The molecule has 5 rings (SSSR count). The summed E-state index contributed by atoms with van der Waals surface area (Å²) in [6.45, 7) is 2.20. The minimum atomic E-state index is 0.242. The van der Waals surface area contributed by atoms with Crippen molar-refractivity contribution in [1.82, 2.24) is 14.8 Å². The summed E-state index contributed by atoms with van der Waals surface area (Å²) in [5.41, 5.74) is 4.01. The molecular weight excluding hydrogens is 338 g/mol. The zero-order valence-corrected chi connectivity index (χ0v) is 15.8. The van der Waals surface area contributed by atoms with Gasteiger partial charge in [-0.3, -0.25) is 0 Å². The van der Waals surface area contributed by atoms with Crippen molar-refractivity contribution in [2.24, 2.45) is 0 Å². The quantitative estimate of drug-likeness (QED) is 0.529. The molecule has 2 aliphatic rings. The lowest BCUT2D eigenvalue weighted by molar-refractivity contribution is 0.626. The van der Waals surface area contributed by atoms with Crippen LogP contribution in [0.1, 0.15) is 65.4 Å². The van der Waals surface area contributed by atoms with E-state index in [1.807, 2.05) is 11.8 Å². The molecule has 2 aromatic carbocycles. The van der Waals surface area contributed by atoms with Crippen molar-refractivity contribution in [3.63, 3.8) is 0 Å². The van der Waals surface area contributed by atoms with Crippen molar-refractivity contribution in [1.29, 1.82) is 0 Å². The van der Waals surface area contributed by atoms with E-state index in [4.69, 9.17) is 0 Å². The lowest BCUT2D eigenvalue weighted by Gasteiger charge is -2.20. The second-order valence-electron chi connectivity index (χ2n) is 7.48. The predicted octanol–water partition coefficient (Wildman–Crippen LogP) is 5.68. The van der Waals surface area contributed by atoms with Crippen molar-refractivity contribution in [2.75, 3.05) is 0 Å². The van der Waals surface area contributed by atoms with E-state index in [9.17, 15) is 0 Å². The first-order chi connectivity index (χ1) is 12.8. The van der Waals surface area contributed by atoms with Gasteiger partial charge >= 0.3 is 0 Å². The topological polar surface area (TPSA) is 30.7 Å². The Morgan fingerprint density at radius 1 is 0.923 bits per heavy atom. The smallest absolute Gasteiger partial charge is 0.192 e. The van der Waals surface area contributed by atoms with Crippen LogP contribution in [0.5, 0.6) is 0 Å². The molecule has 1 unspecified atom stereocenters. The first-order valence-electron chi connectivity index (χ1n) is 9.53. The number of benzene rings is 2. The van der Waals surface area contributed by atoms with Gasteiger partial charge in [-0.2, -0.15) is 0 Å². The van der Waals surface area contributed by atoms with Crippen LogP contribution in [0.25, 0.3) is 0 Å². The van der Waals surface area contributed by atoms with Crippen molar-refractivity contribution >= 4 is 11.8 Å². The number of rotatable bonds is 6. The van der Waals surface area contributed by atoms with Crippen LogP contribution in [-0.2, 0) is 0 Å². The Labute approximate surface area is 158 Å². The fourth-order valence-corrected chi connectivity index (χ4v) is 4.93.